The van der Waals surface area contributed by atoms with Crippen molar-refractivity contribution in [3.63, 3.8) is 0 Å². The Morgan fingerprint density at radius 3 is 2.45 bits per heavy atom. The quantitative estimate of drug-likeness (QED) is 0.426. The average molecular weight is 499 g/mol. The van der Waals surface area contributed by atoms with Crippen molar-refractivity contribution in [2.45, 2.75) is 53.9 Å². The SMILES string of the molecule is O=C(Nc1ccccc1Sc1ccc(Cl)cc1)C12C[C@@H]3C[C@@H](C1)CC(n1cnc(Cl)n1)(C3)C2. The largest absolute Gasteiger partial charge is 0.325 e. The molecule has 1 N–H and O–H groups in total. The van der Waals surface area contributed by atoms with Crippen molar-refractivity contribution in [3.8, 4) is 0 Å². The van der Waals surface area contributed by atoms with Crippen molar-refractivity contribution in [1.82, 2.24) is 14.8 Å². The predicted molar refractivity (Wildman–Crippen MR) is 131 cm³/mol. The standard InChI is InChI=1S/C25H24Cl2N4OS/c26-18-5-7-19(8-6-18)33-21-4-2-1-3-20(21)29-22(32)24-10-16-9-17(11-24)13-25(12-16,14-24)31-15-28-23(27)30-31/h1-8,15-17H,9-14H2,(H,29,32)/t16-,17-,24?,25?/m0/s1. The van der Waals surface area contributed by atoms with Gasteiger partial charge in [0.1, 0.15) is 6.33 Å². The minimum atomic E-state index is -0.374. The zero-order valence-electron chi connectivity index (χ0n) is 18.0. The number of anilines is 1. The number of nitrogens with zero attached hydrogens (tertiary/aromatic N) is 3. The Hall–Kier alpha value is -2.02. The van der Waals surface area contributed by atoms with Gasteiger partial charge in [-0.25, -0.2) is 9.67 Å². The summed E-state index contributed by atoms with van der Waals surface area (Å²) in [6, 6.07) is 15.8. The molecular formula is C25H24Cl2N4OS. The molecule has 0 radical (unpaired) electrons. The van der Waals surface area contributed by atoms with Gasteiger partial charge in [-0.2, -0.15) is 0 Å². The van der Waals surface area contributed by atoms with Gasteiger partial charge in [0.2, 0.25) is 11.2 Å². The third-order valence-corrected chi connectivity index (χ3v) is 9.15. The molecule has 3 aromatic rings. The highest BCUT2D eigenvalue weighted by Gasteiger charge is 2.61. The van der Waals surface area contributed by atoms with Crippen molar-refractivity contribution in [1.29, 1.82) is 0 Å². The summed E-state index contributed by atoms with van der Waals surface area (Å²) in [5.41, 5.74) is 0.329. The molecule has 8 heteroatoms. The second-order valence-electron chi connectivity index (χ2n) is 9.93. The monoisotopic (exact) mass is 498 g/mol. The zero-order chi connectivity index (χ0) is 22.6. The van der Waals surface area contributed by atoms with Crippen molar-refractivity contribution < 1.29 is 4.79 Å². The van der Waals surface area contributed by atoms with Crippen LogP contribution in [0.25, 0.3) is 0 Å². The summed E-state index contributed by atoms with van der Waals surface area (Å²) in [6.07, 6.45) is 7.77. The van der Waals surface area contributed by atoms with E-state index in [0.29, 0.717) is 16.9 Å². The van der Waals surface area contributed by atoms with Crippen LogP contribution in [0.2, 0.25) is 10.3 Å². The van der Waals surface area contributed by atoms with Crippen LogP contribution in [-0.2, 0) is 10.3 Å². The van der Waals surface area contributed by atoms with E-state index in [1.807, 2.05) is 53.2 Å². The Morgan fingerprint density at radius 2 is 1.76 bits per heavy atom. The smallest absolute Gasteiger partial charge is 0.242 e. The second-order valence-corrected chi connectivity index (χ2v) is 11.8. The van der Waals surface area contributed by atoms with E-state index >= 15 is 0 Å². The number of amides is 1. The highest BCUT2D eigenvalue weighted by atomic mass is 35.5. The Morgan fingerprint density at radius 1 is 1.03 bits per heavy atom. The minimum absolute atomic E-state index is 0.136. The molecule has 1 aromatic heterocycles. The van der Waals surface area contributed by atoms with Crippen molar-refractivity contribution in [3.05, 3.63) is 65.2 Å². The van der Waals surface area contributed by atoms with Gasteiger partial charge in [0.05, 0.1) is 16.6 Å². The van der Waals surface area contributed by atoms with Gasteiger partial charge in [-0.05, 0) is 98.4 Å². The molecule has 4 fully saturated rings. The summed E-state index contributed by atoms with van der Waals surface area (Å²) in [4.78, 5) is 20.2. The molecule has 7 rings (SSSR count). The van der Waals surface area contributed by atoms with Gasteiger partial charge in [0, 0.05) is 14.8 Å². The molecule has 4 saturated carbocycles. The number of carbonyl (C=O) groups is 1. The second kappa shape index (κ2) is 8.03. The molecule has 2 aromatic carbocycles. The number of halogens is 2. The molecule has 5 nitrogen and oxygen atoms in total. The van der Waals surface area contributed by atoms with Crippen LogP contribution in [0.3, 0.4) is 0 Å². The molecule has 0 spiro atoms. The van der Waals surface area contributed by atoms with E-state index in [4.69, 9.17) is 23.2 Å². The highest BCUT2D eigenvalue weighted by Crippen LogP contribution is 2.64. The van der Waals surface area contributed by atoms with E-state index in [1.54, 1.807) is 18.1 Å². The molecule has 4 aliphatic carbocycles. The molecule has 170 valence electrons. The molecule has 1 heterocycles. The molecule has 0 saturated heterocycles. The maximum atomic E-state index is 13.9. The first-order chi connectivity index (χ1) is 15.9. The topological polar surface area (TPSA) is 59.8 Å². The Kier molecular flexibility index (Phi) is 5.24. The van der Waals surface area contributed by atoms with Gasteiger partial charge < -0.3 is 5.32 Å². The summed E-state index contributed by atoms with van der Waals surface area (Å²) in [5, 5.41) is 8.77. The summed E-state index contributed by atoms with van der Waals surface area (Å²) in [5.74, 6) is 1.22. The molecule has 1 amide bonds. The predicted octanol–water partition coefficient (Wildman–Crippen LogP) is 6.67. The van der Waals surface area contributed by atoms with E-state index < -0.39 is 0 Å². The lowest BCUT2D eigenvalue weighted by Crippen LogP contribution is -2.60. The molecule has 4 aliphatic rings. The minimum Gasteiger partial charge on any atom is -0.325 e. The normalized spacial score (nSPS) is 29.9. The van der Waals surface area contributed by atoms with E-state index in [9.17, 15) is 4.79 Å². The van der Waals surface area contributed by atoms with Gasteiger partial charge in [-0.15, -0.1) is 5.10 Å². The first-order valence-corrected chi connectivity index (χ1v) is 12.9. The molecule has 4 bridgehead atoms. The van der Waals surface area contributed by atoms with Crippen LogP contribution in [0.15, 0.2) is 64.6 Å². The fraction of sp³-hybridized carbons (Fsp3) is 0.400. The van der Waals surface area contributed by atoms with Crippen molar-refractivity contribution in [2.75, 3.05) is 5.32 Å². The Bertz CT molecular complexity index is 1200. The van der Waals surface area contributed by atoms with E-state index in [1.165, 1.54) is 6.42 Å². The summed E-state index contributed by atoms with van der Waals surface area (Å²) >= 11 is 13.7. The third-order valence-electron chi connectivity index (χ3n) is 7.64. The van der Waals surface area contributed by atoms with E-state index in [-0.39, 0.29) is 22.1 Å². The van der Waals surface area contributed by atoms with Crippen LogP contribution < -0.4 is 5.32 Å². The van der Waals surface area contributed by atoms with Crippen LogP contribution in [0.4, 0.5) is 5.69 Å². The lowest BCUT2D eigenvalue weighted by molar-refractivity contribution is -0.150. The van der Waals surface area contributed by atoms with E-state index in [2.05, 4.69) is 15.4 Å². The van der Waals surface area contributed by atoms with E-state index in [0.717, 1.165) is 47.6 Å². The molecule has 2 atom stereocenters. The lowest BCUT2D eigenvalue weighted by atomic mass is 9.46. The summed E-state index contributed by atoms with van der Waals surface area (Å²) in [7, 11) is 0. The zero-order valence-corrected chi connectivity index (χ0v) is 20.3. The maximum Gasteiger partial charge on any atom is 0.242 e. The van der Waals surface area contributed by atoms with Gasteiger partial charge in [-0.1, -0.05) is 35.5 Å². The number of benzene rings is 2. The Balaban J connectivity index is 1.28. The lowest BCUT2D eigenvalue weighted by Gasteiger charge is -2.60. The van der Waals surface area contributed by atoms with Crippen LogP contribution >= 0.6 is 35.0 Å². The number of aromatic nitrogens is 3. The number of carbonyl (C=O) groups excluding carboxylic acids is 1. The van der Waals surface area contributed by atoms with Gasteiger partial charge in [0.15, 0.2) is 0 Å². The first kappa shape index (κ1) is 21.5. The molecule has 33 heavy (non-hydrogen) atoms. The van der Waals surface area contributed by atoms with Crippen molar-refractivity contribution in [2.24, 2.45) is 17.3 Å². The van der Waals surface area contributed by atoms with Crippen LogP contribution in [0, 0.1) is 17.3 Å². The highest BCUT2D eigenvalue weighted by molar-refractivity contribution is 7.99. The fourth-order valence-corrected chi connectivity index (χ4v) is 7.92. The number of rotatable bonds is 5. The van der Waals surface area contributed by atoms with Crippen LogP contribution in [0.5, 0.6) is 0 Å². The van der Waals surface area contributed by atoms with Crippen LogP contribution in [0.1, 0.15) is 38.5 Å². The number of hydrogen-bond donors (Lipinski definition) is 1. The average Bonchev–Trinajstić information content (AvgIpc) is 3.23. The molecular weight excluding hydrogens is 475 g/mol. The summed E-state index contributed by atoms with van der Waals surface area (Å²) < 4.78 is 1.96. The van der Waals surface area contributed by atoms with Crippen LogP contribution in [-0.4, -0.2) is 20.7 Å². The fourth-order valence-electron chi connectivity index (χ4n) is 6.76. The van der Waals surface area contributed by atoms with Gasteiger partial charge in [-0.3, -0.25) is 4.79 Å². The number of nitrogens with one attached hydrogen (secondary N) is 1. The maximum absolute atomic E-state index is 13.9. The Labute approximate surface area is 207 Å². The van der Waals surface area contributed by atoms with Gasteiger partial charge in [0.25, 0.3) is 0 Å². The summed E-state index contributed by atoms with van der Waals surface area (Å²) in [6.45, 7) is 0. The molecule has 0 unspecified atom stereocenters. The first-order valence-electron chi connectivity index (χ1n) is 11.3. The molecule has 0 aliphatic heterocycles. The number of para-hydroxylation sites is 1. The van der Waals surface area contributed by atoms with Gasteiger partial charge >= 0.3 is 0 Å². The number of hydrogen-bond acceptors (Lipinski definition) is 4. The van der Waals surface area contributed by atoms with Crippen molar-refractivity contribution >= 4 is 46.6 Å². The third kappa shape index (κ3) is 3.86.